The molecule has 2 fully saturated rings. The molecule has 6 N–H and O–H groups in total. The van der Waals surface area contributed by atoms with Gasteiger partial charge < -0.3 is 51.2 Å². The molecule has 0 spiro atoms. The number of ether oxygens (including phenoxy) is 2. The summed E-state index contributed by atoms with van der Waals surface area (Å²) in [6, 6.07) is 12.4. The van der Waals surface area contributed by atoms with Crippen LogP contribution >= 0.6 is 24.8 Å². The van der Waals surface area contributed by atoms with E-state index in [0.29, 0.717) is 24.0 Å². The molecule has 2 aliphatic heterocycles. The standard InChI is InChI=1S/C62H86N8O10.CH4.2ClH/c1-35(63-9)55(73)67-53(61(3,4)5)59(77)69-33-37(28-47(69)57(75)65-45-24-14-22-43-41(45)20-16-26-51(43)79-11)30-49(71)39-18-13-19-40(32-39)50(72)31-38-29-48(58(76)66-46-25-15-23-44-42(46)21-17-27-52(44)80-12)70(34-38)60(78)54(62(6,7)8)68-56(74)36(2)64-10;;;/h13,16-21,26-27,32,35-38,45-48,53-54,63-64H,14-15,22-25,28-31,33-34H2,1-12H3,(H,65,75)(H,66,76)(H,67,73)(H,68,74);1H4;2*1H/t35-,36-,37+,38+,45?,46?,47-,48-,53+,54+;;;/m0.../s1. The second-order valence-electron chi connectivity index (χ2n) is 24.7. The summed E-state index contributed by atoms with van der Waals surface area (Å²) in [7, 11) is 6.57. The fourth-order valence-corrected chi connectivity index (χ4v) is 12.0. The Hall–Kier alpha value is -6.08. The molecule has 0 bridgehead atoms. The van der Waals surface area contributed by atoms with Crippen LogP contribution in [0.25, 0.3) is 0 Å². The van der Waals surface area contributed by atoms with E-state index in [4.69, 9.17) is 9.47 Å². The maximum absolute atomic E-state index is 14.8. The molecule has 6 amide bonds. The lowest BCUT2D eigenvalue weighted by Crippen LogP contribution is -2.59. The Balaban J connectivity index is 0.00000493. The van der Waals surface area contributed by atoms with Gasteiger partial charge in [0.05, 0.1) is 38.4 Å². The van der Waals surface area contributed by atoms with E-state index in [0.717, 1.165) is 59.4 Å². The summed E-state index contributed by atoms with van der Waals surface area (Å²) in [5.41, 5.74) is 3.09. The van der Waals surface area contributed by atoms with Crippen molar-refractivity contribution in [3.63, 3.8) is 0 Å². The minimum atomic E-state index is -0.986. The van der Waals surface area contributed by atoms with Crippen molar-refractivity contribution in [1.82, 2.24) is 41.7 Å². The Morgan fingerprint density at radius 3 is 1.28 bits per heavy atom. The number of carbonyl (C=O) groups excluding carboxylic acids is 8. The fraction of sp³-hybridized carbons (Fsp3) is 0.587. The maximum atomic E-state index is 14.8. The highest BCUT2D eigenvalue weighted by molar-refractivity contribution is 6.02. The lowest BCUT2D eigenvalue weighted by molar-refractivity contribution is -0.144. The number of hydrogen-bond donors (Lipinski definition) is 6. The van der Waals surface area contributed by atoms with Crippen LogP contribution in [0.1, 0.15) is 169 Å². The predicted molar refractivity (Wildman–Crippen MR) is 326 cm³/mol. The molecule has 18 nitrogen and oxygen atoms in total. The third-order valence-corrected chi connectivity index (χ3v) is 16.9. The van der Waals surface area contributed by atoms with Gasteiger partial charge >= 0.3 is 0 Å². The zero-order valence-corrected chi connectivity index (χ0v) is 51.5. The first-order chi connectivity index (χ1) is 37.9. The van der Waals surface area contributed by atoms with Crippen LogP contribution in [0, 0.1) is 22.7 Å². The predicted octanol–water partition coefficient (Wildman–Crippen LogP) is 7.43. The van der Waals surface area contributed by atoms with Gasteiger partial charge in [0.1, 0.15) is 35.7 Å². The number of ketones is 2. The molecule has 10 atom stereocenters. The molecule has 3 aromatic carbocycles. The number of likely N-dealkylation sites (tertiary alicyclic amines) is 2. The minimum Gasteiger partial charge on any atom is -0.496 e. The quantitative estimate of drug-likeness (QED) is 0.0607. The summed E-state index contributed by atoms with van der Waals surface area (Å²) in [5, 5.41) is 18.2. The van der Waals surface area contributed by atoms with Crippen molar-refractivity contribution in [2.24, 2.45) is 22.7 Å². The summed E-state index contributed by atoms with van der Waals surface area (Å²) in [4.78, 5) is 117. The first-order valence-electron chi connectivity index (χ1n) is 28.5. The summed E-state index contributed by atoms with van der Waals surface area (Å²) >= 11 is 0. The second kappa shape index (κ2) is 29.6. The van der Waals surface area contributed by atoms with E-state index in [1.54, 1.807) is 66.4 Å². The van der Waals surface area contributed by atoms with E-state index in [2.05, 4.69) is 31.9 Å². The molecular formula is C63H92Cl2N8O10. The first-order valence-corrected chi connectivity index (χ1v) is 28.5. The van der Waals surface area contributed by atoms with E-state index in [1.807, 2.05) is 77.9 Å². The molecule has 0 aromatic heterocycles. The van der Waals surface area contributed by atoms with Gasteiger partial charge in [0.15, 0.2) is 11.6 Å². The van der Waals surface area contributed by atoms with Crippen LogP contribution in [-0.4, -0.2) is 134 Å². The number of amides is 6. The van der Waals surface area contributed by atoms with Crippen molar-refractivity contribution in [3.05, 3.63) is 94.0 Å². The van der Waals surface area contributed by atoms with Gasteiger partial charge in [-0.25, -0.2) is 0 Å². The molecule has 2 saturated heterocycles. The minimum absolute atomic E-state index is 0. The number of halogens is 2. The summed E-state index contributed by atoms with van der Waals surface area (Å²) < 4.78 is 11.3. The molecule has 7 rings (SSSR count). The van der Waals surface area contributed by atoms with Crippen molar-refractivity contribution in [2.45, 2.75) is 175 Å². The number of fused-ring (bicyclic) bond motifs is 2. The molecule has 458 valence electrons. The number of Topliss-reactive ketones (excluding diaryl/α,β-unsaturated/α-hetero) is 2. The van der Waals surface area contributed by atoms with Crippen LogP contribution in [0.4, 0.5) is 0 Å². The topological polar surface area (TPSA) is 234 Å². The van der Waals surface area contributed by atoms with Gasteiger partial charge in [-0.1, -0.05) is 91.4 Å². The third-order valence-electron chi connectivity index (χ3n) is 16.9. The van der Waals surface area contributed by atoms with Crippen LogP contribution in [0.5, 0.6) is 11.5 Å². The van der Waals surface area contributed by atoms with E-state index in [9.17, 15) is 38.4 Å². The second-order valence-corrected chi connectivity index (χ2v) is 24.7. The Kier molecular flexibility index (Phi) is 24.8. The van der Waals surface area contributed by atoms with Gasteiger partial charge in [-0.3, -0.25) is 38.4 Å². The number of nitrogens with zero attached hydrogens (tertiary/aromatic N) is 2. The lowest BCUT2D eigenvalue weighted by atomic mass is 9.85. The Morgan fingerprint density at radius 1 is 0.578 bits per heavy atom. The fourth-order valence-electron chi connectivity index (χ4n) is 12.0. The van der Waals surface area contributed by atoms with Crippen LogP contribution in [0.3, 0.4) is 0 Å². The zero-order chi connectivity index (χ0) is 58.4. The largest absolute Gasteiger partial charge is 0.496 e. The number of likely N-dealkylation sites (N-methyl/N-ethyl adjacent to an activating group) is 2. The van der Waals surface area contributed by atoms with Gasteiger partial charge in [0.2, 0.25) is 35.4 Å². The molecule has 4 aliphatic rings. The van der Waals surface area contributed by atoms with E-state index >= 15 is 0 Å². The van der Waals surface area contributed by atoms with E-state index in [-0.39, 0.29) is 118 Å². The molecular weight excluding hydrogens is 1100 g/mol. The number of benzene rings is 3. The molecule has 3 aromatic rings. The van der Waals surface area contributed by atoms with Crippen molar-refractivity contribution in [2.75, 3.05) is 41.4 Å². The van der Waals surface area contributed by atoms with Gasteiger partial charge in [-0.05, 0) is 142 Å². The molecule has 20 heteroatoms. The van der Waals surface area contributed by atoms with Crippen LogP contribution in [0.2, 0.25) is 0 Å². The normalized spacial score (nSPS) is 21.5. The number of carbonyl (C=O) groups is 8. The number of nitrogens with one attached hydrogen (secondary N) is 6. The molecule has 2 heterocycles. The van der Waals surface area contributed by atoms with Gasteiger partial charge in [-0.15, -0.1) is 24.8 Å². The highest BCUT2D eigenvalue weighted by atomic mass is 35.5. The Bertz CT molecular complexity index is 2630. The van der Waals surface area contributed by atoms with E-state index in [1.165, 1.54) is 9.80 Å². The van der Waals surface area contributed by atoms with E-state index < -0.39 is 70.7 Å². The van der Waals surface area contributed by atoms with Crippen molar-refractivity contribution in [1.29, 1.82) is 0 Å². The summed E-state index contributed by atoms with van der Waals surface area (Å²) in [6.07, 6.45) is 4.99. The van der Waals surface area contributed by atoms with Crippen LogP contribution in [-0.2, 0) is 41.6 Å². The lowest BCUT2D eigenvalue weighted by Gasteiger charge is -2.36. The highest BCUT2D eigenvalue weighted by Gasteiger charge is 2.48. The zero-order valence-electron chi connectivity index (χ0n) is 49.8. The number of hydrogen-bond acceptors (Lipinski definition) is 12. The summed E-state index contributed by atoms with van der Waals surface area (Å²) in [5.74, 6) is -2.18. The molecule has 2 unspecified atom stereocenters. The Labute approximate surface area is 504 Å². The average Bonchev–Trinajstić information content (AvgIpc) is 4.21. The van der Waals surface area contributed by atoms with Crippen LogP contribution in [0.15, 0.2) is 60.7 Å². The van der Waals surface area contributed by atoms with Gasteiger partial charge in [-0.2, -0.15) is 0 Å². The maximum Gasteiger partial charge on any atom is 0.246 e. The average molecular weight is 1190 g/mol. The number of methoxy groups -OCH3 is 2. The third kappa shape index (κ3) is 16.2. The van der Waals surface area contributed by atoms with Crippen molar-refractivity contribution in [3.8, 4) is 11.5 Å². The smallest absolute Gasteiger partial charge is 0.246 e. The van der Waals surface area contributed by atoms with Crippen molar-refractivity contribution >= 4 is 71.8 Å². The van der Waals surface area contributed by atoms with Gasteiger partial charge in [0.25, 0.3) is 0 Å². The first kappa shape index (κ1) is 69.4. The highest BCUT2D eigenvalue weighted by Crippen LogP contribution is 2.39. The SMILES string of the molecule is C.CN[C@@H](C)C(=O)N[C@H](C(=O)N1C[C@@H](CC(=O)c2cccc(C(=O)C[C@H]3C[C@@H](C(=O)NC4CCCc5c(OC)cccc54)N(C(=O)[C@@H](NC(=O)[C@H](C)NC)C(C)(C)C)C3)c2)C[C@H]1C(=O)NC1CCCc2c(OC)cccc21)C(C)(C)C.Cl.Cl. The van der Waals surface area contributed by atoms with Crippen molar-refractivity contribution < 1.29 is 47.8 Å². The summed E-state index contributed by atoms with van der Waals surface area (Å²) in [6.45, 7) is 14.7. The monoisotopic (exact) mass is 1190 g/mol. The molecule has 2 aliphatic carbocycles. The number of rotatable bonds is 20. The molecule has 0 saturated carbocycles. The molecule has 83 heavy (non-hydrogen) atoms. The van der Waals surface area contributed by atoms with Gasteiger partial charge in [0, 0.05) is 37.1 Å². The molecule has 0 radical (unpaired) electrons. The Morgan fingerprint density at radius 2 is 0.940 bits per heavy atom. The van der Waals surface area contributed by atoms with Crippen LogP contribution < -0.4 is 41.4 Å².